The van der Waals surface area contributed by atoms with Crippen LogP contribution in [-0.4, -0.2) is 51.6 Å². The van der Waals surface area contributed by atoms with Crippen molar-refractivity contribution in [2.24, 2.45) is 0 Å². The Morgan fingerprint density at radius 1 is 1.19 bits per heavy atom. The summed E-state index contributed by atoms with van der Waals surface area (Å²) in [5.41, 5.74) is 2.52. The fourth-order valence-corrected chi connectivity index (χ4v) is 3.31. The van der Waals surface area contributed by atoms with Gasteiger partial charge in [0.25, 0.3) is 5.91 Å². The molecule has 4 rings (SSSR count). The second-order valence-corrected chi connectivity index (χ2v) is 6.37. The summed E-state index contributed by atoms with van der Waals surface area (Å²) in [4.78, 5) is 27.7. The molecule has 0 bridgehead atoms. The summed E-state index contributed by atoms with van der Waals surface area (Å²) in [5, 5.41) is 0.975. The molecule has 0 saturated carbocycles. The molecule has 0 spiro atoms. The summed E-state index contributed by atoms with van der Waals surface area (Å²) in [6.45, 7) is 1.73. The van der Waals surface area contributed by atoms with Crippen LogP contribution in [-0.2, 0) is 11.2 Å². The van der Waals surface area contributed by atoms with E-state index in [2.05, 4.69) is 15.0 Å². The molecular weight excluding hydrogens is 328 g/mol. The number of benzene rings is 1. The number of hydrogen-bond acceptors (Lipinski definition) is 5. The number of aryl methyl sites for hydroxylation is 1. The second kappa shape index (κ2) is 7.58. The van der Waals surface area contributed by atoms with Crippen LogP contribution < -0.4 is 0 Å². The minimum absolute atomic E-state index is 0.0443. The van der Waals surface area contributed by atoms with Gasteiger partial charge in [0, 0.05) is 42.3 Å². The van der Waals surface area contributed by atoms with E-state index in [-0.39, 0.29) is 11.9 Å². The van der Waals surface area contributed by atoms with Gasteiger partial charge >= 0.3 is 0 Å². The van der Waals surface area contributed by atoms with Gasteiger partial charge in [0.2, 0.25) is 0 Å². The Kier molecular flexibility index (Phi) is 4.84. The molecule has 132 valence electrons. The lowest BCUT2D eigenvalue weighted by molar-refractivity contribution is -0.00412. The molecule has 1 atom stereocenters. The van der Waals surface area contributed by atoms with E-state index in [4.69, 9.17) is 4.74 Å². The number of pyridine rings is 1. The molecule has 0 aliphatic carbocycles. The van der Waals surface area contributed by atoms with Gasteiger partial charge in [-0.05, 0) is 37.1 Å². The third-order valence-corrected chi connectivity index (χ3v) is 4.69. The highest BCUT2D eigenvalue weighted by molar-refractivity contribution is 5.98. The normalized spacial score (nSPS) is 17.4. The van der Waals surface area contributed by atoms with Gasteiger partial charge in [0.1, 0.15) is 0 Å². The van der Waals surface area contributed by atoms with Crippen molar-refractivity contribution in [1.29, 1.82) is 0 Å². The van der Waals surface area contributed by atoms with Crippen LogP contribution in [0.4, 0.5) is 0 Å². The highest BCUT2D eigenvalue weighted by Gasteiger charge is 2.28. The molecule has 26 heavy (non-hydrogen) atoms. The summed E-state index contributed by atoms with van der Waals surface area (Å²) in [5.74, 6) is 0.0446. The molecule has 1 aliphatic heterocycles. The maximum atomic E-state index is 13.1. The summed E-state index contributed by atoms with van der Waals surface area (Å²) >= 11 is 0. The Labute approximate surface area is 151 Å². The van der Waals surface area contributed by atoms with E-state index in [1.165, 1.54) is 0 Å². The van der Waals surface area contributed by atoms with Crippen molar-refractivity contribution in [2.75, 3.05) is 19.8 Å². The number of rotatable bonds is 4. The molecule has 2 aromatic heterocycles. The largest absolute Gasteiger partial charge is 0.377 e. The summed E-state index contributed by atoms with van der Waals surface area (Å²) < 4.78 is 5.62. The Hall–Kier alpha value is -2.86. The Balaban J connectivity index is 1.51. The van der Waals surface area contributed by atoms with Crippen molar-refractivity contribution in [2.45, 2.75) is 18.9 Å². The maximum Gasteiger partial charge on any atom is 0.254 e. The maximum absolute atomic E-state index is 13.1. The lowest BCUT2D eigenvalue weighted by Crippen LogP contribution is -2.48. The number of carbonyl (C=O) groups is 1. The summed E-state index contributed by atoms with van der Waals surface area (Å²) in [6.07, 6.45) is 8.46. The minimum Gasteiger partial charge on any atom is -0.377 e. The van der Waals surface area contributed by atoms with E-state index in [1.54, 1.807) is 24.8 Å². The lowest BCUT2D eigenvalue weighted by Gasteiger charge is -2.35. The fourth-order valence-electron chi connectivity index (χ4n) is 3.31. The fraction of sp³-hybridized carbons (Fsp3) is 0.300. The van der Waals surface area contributed by atoms with Gasteiger partial charge in [-0.25, -0.2) is 0 Å². The Morgan fingerprint density at radius 3 is 3.04 bits per heavy atom. The van der Waals surface area contributed by atoms with Crippen LogP contribution in [0.5, 0.6) is 0 Å². The molecule has 1 aliphatic rings. The number of nitrogens with zero attached hydrogens (tertiary/aromatic N) is 4. The van der Waals surface area contributed by atoms with Crippen molar-refractivity contribution in [3.63, 3.8) is 0 Å². The van der Waals surface area contributed by atoms with E-state index in [1.807, 2.05) is 35.2 Å². The number of hydrogen-bond donors (Lipinski definition) is 0. The molecule has 1 aromatic carbocycles. The molecule has 1 fully saturated rings. The summed E-state index contributed by atoms with van der Waals surface area (Å²) in [6, 6.07) is 9.58. The standard InChI is InChI=1S/C20H20N4O2/c25-20(16-3-6-19-15(12-16)2-1-7-23-19)24-10-11-26-14-18(24)5-4-17-13-21-8-9-22-17/h1-3,6-9,12-13,18H,4-5,10-11,14H2/t18-/m0/s1. The first-order valence-corrected chi connectivity index (χ1v) is 8.79. The molecule has 3 heterocycles. The Morgan fingerprint density at radius 2 is 2.15 bits per heavy atom. The molecule has 3 aromatic rings. The van der Waals surface area contributed by atoms with Gasteiger partial charge in [-0.2, -0.15) is 0 Å². The number of amides is 1. The predicted molar refractivity (Wildman–Crippen MR) is 97.7 cm³/mol. The first-order valence-electron chi connectivity index (χ1n) is 8.79. The zero-order valence-electron chi connectivity index (χ0n) is 14.4. The van der Waals surface area contributed by atoms with Crippen LogP contribution in [0.1, 0.15) is 22.5 Å². The van der Waals surface area contributed by atoms with Gasteiger partial charge in [0.15, 0.2) is 0 Å². The number of ether oxygens (including phenoxy) is 1. The van der Waals surface area contributed by atoms with Gasteiger partial charge in [-0.1, -0.05) is 6.07 Å². The average molecular weight is 348 g/mol. The highest BCUT2D eigenvalue weighted by Crippen LogP contribution is 2.19. The number of carbonyl (C=O) groups excluding carboxylic acids is 1. The smallest absolute Gasteiger partial charge is 0.254 e. The van der Waals surface area contributed by atoms with Gasteiger partial charge in [0.05, 0.1) is 30.5 Å². The minimum atomic E-state index is 0.0443. The third kappa shape index (κ3) is 3.55. The van der Waals surface area contributed by atoms with Crippen LogP contribution in [0.25, 0.3) is 10.9 Å². The van der Waals surface area contributed by atoms with Crippen LogP contribution >= 0.6 is 0 Å². The van der Waals surface area contributed by atoms with Crippen molar-refractivity contribution in [1.82, 2.24) is 19.9 Å². The number of aromatic nitrogens is 3. The third-order valence-electron chi connectivity index (χ3n) is 4.69. The van der Waals surface area contributed by atoms with Gasteiger partial charge < -0.3 is 9.64 Å². The SMILES string of the molecule is O=C(c1ccc2ncccc2c1)N1CCOC[C@@H]1CCc1cnccn1. The van der Waals surface area contributed by atoms with Crippen LogP contribution in [0.3, 0.4) is 0 Å². The molecule has 0 radical (unpaired) electrons. The van der Waals surface area contributed by atoms with Crippen LogP contribution in [0.2, 0.25) is 0 Å². The van der Waals surface area contributed by atoms with Crippen molar-refractivity contribution < 1.29 is 9.53 Å². The highest BCUT2D eigenvalue weighted by atomic mass is 16.5. The van der Waals surface area contributed by atoms with Crippen molar-refractivity contribution in [3.05, 3.63) is 66.4 Å². The molecule has 0 N–H and O–H groups in total. The van der Waals surface area contributed by atoms with Crippen LogP contribution in [0, 0.1) is 0 Å². The lowest BCUT2D eigenvalue weighted by atomic mass is 10.0. The average Bonchev–Trinajstić information content (AvgIpc) is 2.72. The molecular formula is C20H20N4O2. The predicted octanol–water partition coefficient (Wildman–Crippen LogP) is 2.50. The topological polar surface area (TPSA) is 68.2 Å². The van der Waals surface area contributed by atoms with E-state index in [9.17, 15) is 4.79 Å². The van der Waals surface area contributed by atoms with Crippen LogP contribution in [0.15, 0.2) is 55.1 Å². The van der Waals surface area contributed by atoms with E-state index >= 15 is 0 Å². The molecule has 1 saturated heterocycles. The molecule has 0 unspecified atom stereocenters. The quantitative estimate of drug-likeness (QED) is 0.725. The first kappa shape index (κ1) is 16.6. The molecule has 6 heteroatoms. The van der Waals surface area contributed by atoms with Crippen molar-refractivity contribution >= 4 is 16.8 Å². The van der Waals surface area contributed by atoms with E-state index in [0.717, 1.165) is 29.4 Å². The monoisotopic (exact) mass is 348 g/mol. The van der Waals surface area contributed by atoms with Gasteiger partial charge in [-0.15, -0.1) is 0 Å². The number of morpholine rings is 1. The Bertz CT molecular complexity index is 900. The van der Waals surface area contributed by atoms with Gasteiger partial charge in [-0.3, -0.25) is 19.7 Å². The summed E-state index contributed by atoms with van der Waals surface area (Å²) in [7, 11) is 0. The zero-order chi connectivity index (χ0) is 17.8. The molecule has 6 nitrogen and oxygen atoms in total. The first-order chi connectivity index (χ1) is 12.8. The van der Waals surface area contributed by atoms with E-state index < -0.39 is 0 Å². The zero-order valence-corrected chi connectivity index (χ0v) is 14.4. The van der Waals surface area contributed by atoms with E-state index in [0.29, 0.717) is 25.3 Å². The number of fused-ring (bicyclic) bond motifs is 1. The second-order valence-electron chi connectivity index (χ2n) is 6.37. The van der Waals surface area contributed by atoms with Crippen molar-refractivity contribution in [3.8, 4) is 0 Å². The molecule has 1 amide bonds.